The van der Waals surface area contributed by atoms with Gasteiger partial charge in [0.2, 0.25) is 5.91 Å². The van der Waals surface area contributed by atoms with Crippen LogP contribution in [0, 0.1) is 11.3 Å². The Morgan fingerprint density at radius 1 is 1.33 bits per heavy atom. The summed E-state index contributed by atoms with van der Waals surface area (Å²) in [6.45, 7) is -1.37. The molecule has 1 aromatic carbocycles. The lowest BCUT2D eigenvalue weighted by molar-refractivity contribution is -0.131. The molecule has 0 spiro atoms. The van der Waals surface area contributed by atoms with Crippen LogP contribution in [-0.2, 0) is 11.8 Å². The maximum absolute atomic E-state index is 13.4. The van der Waals surface area contributed by atoms with Crippen LogP contribution >= 0.6 is 0 Å². The van der Waals surface area contributed by atoms with Crippen molar-refractivity contribution in [1.82, 2.24) is 14.8 Å². The number of nitriles is 1. The van der Waals surface area contributed by atoms with E-state index in [1.165, 1.54) is 17.8 Å². The molecule has 0 unspecified atom stereocenters. The number of hydrogen-bond donors (Lipinski definition) is 1. The quantitative estimate of drug-likeness (QED) is 0.868. The molecule has 0 saturated carbocycles. The van der Waals surface area contributed by atoms with Crippen molar-refractivity contribution in [2.45, 2.75) is 18.4 Å². The second kappa shape index (κ2) is 6.79. The van der Waals surface area contributed by atoms with Crippen molar-refractivity contribution in [3.8, 4) is 6.07 Å². The van der Waals surface area contributed by atoms with E-state index in [0.29, 0.717) is 10.8 Å². The third kappa shape index (κ3) is 3.51. The third-order valence-corrected chi connectivity index (χ3v) is 4.47. The number of alkyl halides is 2. The molecular weight excluding hydrogens is 358 g/mol. The summed E-state index contributed by atoms with van der Waals surface area (Å²) in [5.74, 6) is -4.50. The van der Waals surface area contributed by atoms with Crippen molar-refractivity contribution in [3.63, 3.8) is 0 Å². The topological polar surface area (TPSA) is 95.2 Å². The number of nitrogens with one attached hydrogen (secondary N) is 1. The average Bonchev–Trinajstić information content (AvgIpc) is 2.97. The smallest absolute Gasteiger partial charge is 0.268 e. The van der Waals surface area contributed by atoms with Crippen molar-refractivity contribution < 1.29 is 18.4 Å². The van der Waals surface area contributed by atoms with Gasteiger partial charge in [-0.05, 0) is 6.07 Å². The Morgan fingerprint density at radius 2 is 2.00 bits per heavy atom. The van der Waals surface area contributed by atoms with E-state index in [4.69, 9.17) is 5.26 Å². The fourth-order valence-corrected chi connectivity index (χ4v) is 3.14. The number of hydrogen-bond acceptors (Lipinski definition) is 4. The maximum Gasteiger partial charge on any atom is 0.268 e. The van der Waals surface area contributed by atoms with Crippen LogP contribution in [-0.4, -0.2) is 46.3 Å². The zero-order valence-electron chi connectivity index (χ0n) is 14.4. The Kier molecular flexibility index (Phi) is 4.66. The zero-order valence-corrected chi connectivity index (χ0v) is 14.4. The minimum absolute atomic E-state index is 0.184. The molecule has 7 nitrogen and oxygen atoms in total. The van der Waals surface area contributed by atoms with E-state index in [1.807, 2.05) is 0 Å². The Bertz CT molecular complexity index is 1030. The number of carbonyl (C=O) groups is 2. The SMILES string of the molecule is Cn1cc(C(=O)NCC(=O)N2CC(F)(F)C[C@H]2C#N)c2ccccc2c1=O. The molecule has 140 valence electrons. The van der Waals surface area contributed by atoms with Gasteiger partial charge < -0.3 is 14.8 Å². The lowest BCUT2D eigenvalue weighted by atomic mass is 10.1. The number of aromatic nitrogens is 1. The average molecular weight is 374 g/mol. The molecule has 0 radical (unpaired) electrons. The van der Waals surface area contributed by atoms with Crippen LogP contribution in [0.4, 0.5) is 8.78 Å². The largest absolute Gasteiger partial charge is 0.343 e. The van der Waals surface area contributed by atoms with E-state index >= 15 is 0 Å². The monoisotopic (exact) mass is 374 g/mol. The molecule has 0 aliphatic carbocycles. The molecule has 2 heterocycles. The summed E-state index contributed by atoms with van der Waals surface area (Å²) in [7, 11) is 1.50. The molecule has 1 fully saturated rings. The number of nitrogens with zero attached hydrogens (tertiary/aromatic N) is 3. The summed E-state index contributed by atoms with van der Waals surface area (Å²) in [5, 5.41) is 12.1. The van der Waals surface area contributed by atoms with E-state index in [1.54, 1.807) is 30.3 Å². The van der Waals surface area contributed by atoms with Crippen LogP contribution in [0.2, 0.25) is 0 Å². The molecule has 9 heteroatoms. The normalized spacial score (nSPS) is 18.3. The molecule has 0 bridgehead atoms. The number of fused-ring (bicyclic) bond motifs is 1. The number of carbonyl (C=O) groups excluding carboxylic acids is 2. The minimum Gasteiger partial charge on any atom is -0.343 e. The second-order valence-corrected chi connectivity index (χ2v) is 6.41. The first-order valence-corrected chi connectivity index (χ1v) is 8.17. The Morgan fingerprint density at radius 3 is 2.67 bits per heavy atom. The van der Waals surface area contributed by atoms with Crippen LogP contribution in [0.5, 0.6) is 0 Å². The number of aryl methyl sites for hydroxylation is 1. The molecule has 1 aliphatic heterocycles. The fourth-order valence-electron chi connectivity index (χ4n) is 3.14. The highest BCUT2D eigenvalue weighted by atomic mass is 19.3. The zero-order chi connectivity index (χ0) is 19.8. The number of halogens is 2. The van der Waals surface area contributed by atoms with Crippen molar-refractivity contribution >= 4 is 22.6 Å². The molecule has 1 atom stereocenters. The standard InChI is InChI=1S/C18H16F2N4O3/c1-23-9-14(12-4-2-3-5-13(12)17(23)27)16(26)22-8-15(25)24-10-18(19,20)6-11(24)7-21/h2-5,9,11H,6,8,10H2,1H3,(H,22,26)/t11-/m0/s1. The van der Waals surface area contributed by atoms with Crippen molar-refractivity contribution in [3.05, 3.63) is 46.4 Å². The molecule has 27 heavy (non-hydrogen) atoms. The summed E-state index contributed by atoms with van der Waals surface area (Å²) in [6, 6.07) is 7.01. The third-order valence-electron chi connectivity index (χ3n) is 4.47. The van der Waals surface area contributed by atoms with Crippen LogP contribution in [0.1, 0.15) is 16.8 Å². The highest BCUT2D eigenvalue weighted by molar-refractivity contribution is 6.07. The first kappa shape index (κ1) is 18.5. The molecular formula is C18H16F2N4O3. The predicted octanol–water partition coefficient (Wildman–Crippen LogP) is 1.03. The summed E-state index contributed by atoms with van der Waals surface area (Å²) < 4.78 is 28.2. The number of benzene rings is 1. The Balaban J connectivity index is 1.78. The van der Waals surface area contributed by atoms with Crippen molar-refractivity contribution in [2.75, 3.05) is 13.1 Å². The van der Waals surface area contributed by atoms with Crippen LogP contribution in [0.25, 0.3) is 10.8 Å². The maximum atomic E-state index is 13.4. The molecule has 2 amide bonds. The summed E-state index contributed by atoms with van der Waals surface area (Å²) in [5.41, 5.74) is -0.0847. The van der Waals surface area contributed by atoms with E-state index in [0.717, 1.165) is 4.90 Å². The van der Waals surface area contributed by atoms with E-state index in [-0.39, 0.29) is 11.1 Å². The lowest BCUT2D eigenvalue weighted by Gasteiger charge is -2.19. The first-order chi connectivity index (χ1) is 12.7. The first-order valence-electron chi connectivity index (χ1n) is 8.17. The van der Waals surface area contributed by atoms with Gasteiger partial charge in [0.15, 0.2) is 0 Å². The van der Waals surface area contributed by atoms with Gasteiger partial charge in [-0.15, -0.1) is 0 Å². The summed E-state index contributed by atoms with van der Waals surface area (Å²) in [4.78, 5) is 37.6. The van der Waals surface area contributed by atoms with E-state index in [2.05, 4.69) is 5.32 Å². The molecule has 1 N–H and O–H groups in total. The predicted molar refractivity (Wildman–Crippen MR) is 92.2 cm³/mol. The van der Waals surface area contributed by atoms with Gasteiger partial charge >= 0.3 is 0 Å². The lowest BCUT2D eigenvalue weighted by Crippen LogP contribution is -2.43. The highest BCUT2D eigenvalue weighted by Gasteiger charge is 2.47. The second-order valence-electron chi connectivity index (χ2n) is 6.41. The van der Waals surface area contributed by atoms with Gasteiger partial charge in [0.05, 0.1) is 24.7 Å². The number of amides is 2. The number of rotatable bonds is 3. The van der Waals surface area contributed by atoms with Gasteiger partial charge in [0, 0.05) is 30.4 Å². The highest BCUT2D eigenvalue weighted by Crippen LogP contribution is 2.31. The van der Waals surface area contributed by atoms with Crippen molar-refractivity contribution in [2.24, 2.45) is 7.05 Å². The fraction of sp³-hybridized carbons (Fsp3) is 0.333. The minimum atomic E-state index is -3.12. The summed E-state index contributed by atoms with van der Waals surface area (Å²) in [6.07, 6.45) is 0.640. The van der Waals surface area contributed by atoms with Gasteiger partial charge in [0.25, 0.3) is 17.4 Å². The van der Waals surface area contributed by atoms with E-state index < -0.39 is 43.3 Å². The number of likely N-dealkylation sites (tertiary alicyclic amines) is 1. The van der Waals surface area contributed by atoms with Gasteiger partial charge in [0.1, 0.15) is 6.04 Å². The number of pyridine rings is 1. The van der Waals surface area contributed by atoms with Gasteiger partial charge in [-0.1, -0.05) is 18.2 Å². The van der Waals surface area contributed by atoms with Crippen molar-refractivity contribution in [1.29, 1.82) is 5.26 Å². The van der Waals surface area contributed by atoms with Gasteiger partial charge in [-0.3, -0.25) is 14.4 Å². The Labute approximate surface area is 152 Å². The van der Waals surface area contributed by atoms with Gasteiger partial charge in [-0.25, -0.2) is 8.78 Å². The van der Waals surface area contributed by atoms with Crippen LogP contribution in [0.3, 0.4) is 0 Å². The van der Waals surface area contributed by atoms with Crippen LogP contribution in [0.15, 0.2) is 35.3 Å². The molecule has 2 aromatic rings. The Hall–Kier alpha value is -3.28. The van der Waals surface area contributed by atoms with Crippen LogP contribution < -0.4 is 10.9 Å². The molecule has 1 aromatic heterocycles. The molecule has 1 aliphatic rings. The summed E-state index contributed by atoms with van der Waals surface area (Å²) >= 11 is 0. The molecule has 1 saturated heterocycles. The molecule has 3 rings (SSSR count). The van der Waals surface area contributed by atoms with Gasteiger partial charge in [-0.2, -0.15) is 5.26 Å². The van der Waals surface area contributed by atoms with E-state index in [9.17, 15) is 23.2 Å².